The zero-order valence-corrected chi connectivity index (χ0v) is 15.4. The number of para-hydroxylation sites is 1. The Morgan fingerprint density at radius 3 is 2.50 bits per heavy atom. The average molecular weight is 387 g/mol. The summed E-state index contributed by atoms with van der Waals surface area (Å²) in [6.07, 6.45) is -0.993. The van der Waals surface area contributed by atoms with Crippen molar-refractivity contribution in [2.24, 2.45) is 0 Å². The summed E-state index contributed by atoms with van der Waals surface area (Å²) in [5.41, 5.74) is 0.999. The van der Waals surface area contributed by atoms with Crippen LogP contribution in [0.3, 0.4) is 0 Å². The van der Waals surface area contributed by atoms with Crippen molar-refractivity contribution in [2.75, 3.05) is 5.32 Å². The lowest BCUT2D eigenvalue weighted by molar-refractivity contribution is -0.137. The second-order valence-corrected chi connectivity index (χ2v) is 7.19. The molecule has 0 saturated heterocycles. The topological polar surface area (TPSA) is 55.6 Å². The molecule has 28 heavy (non-hydrogen) atoms. The summed E-state index contributed by atoms with van der Waals surface area (Å²) in [6, 6.07) is 13.0. The molecule has 0 amide bonds. The zero-order valence-electron chi connectivity index (χ0n) is 15.4. The Morgan fingerprint density at radius 2 is 1.79 bits per heavy atom. The first-order valence-electron chi connectivity index (χ1n) is 9.19. The van der Waals surface area contributed by atoms with Gasteiger partial charge in [-0.1, -0.05) is 37.1 Å². The third kappa shape index (κ3) is 3.34. The van der Waals surface area contributed by atoms with E-state index in [2.05, 4.69) is 20.8 Å². The third-order valence-corrected chi connectivity index (χ3v) is 5.27. The fourth-order valence-electron chi connectivity index (χ4n) is 3.88. The Bertz CT molecular complexity index is 974. The van der Waals surface area contributed by atoms with E-state index in [0.717, 1.165) is 49.1 Å². The van der Waals surface area contributed by atoms with Gasteiger partial charge in [-0.2, -0.15) is 17.9 Å². The molecule has 3 aromatic rings. The Balaban J connectivity index is 1.75. The molecule has 0 spiro atoms. The van der Waals surface area contributed by atoms with Gasteiger partial charge in [0.1, 0.15) is 0 Å². The first kappa shape index (κ1) is 18.5. The fraction of sp³-hybridized carbons (Fsp3) is 0.350. The molecule has 1 saturated carbocycles. The number of aryl methyl sites for hydroxylation is 1. The van der Waals surface area contributed by atoms with Crippen LogP contribution in [0, 0.1) is 6.92 Å². The number of hydrogen-bond donors (Lipinski definition) is 1. The van der Waals surface area contributed by atoms with Crippen molar-refractivity contribution >= 4 is 5.69 Å². The minimum Gasteiger partial charge on any atom is -0.373 e. The van der Waals surface area contributed by atoms with E-state index in [4.69, 9.17) is 0 Å². The summed E-state index contributed by atoms with van der Waals surface area (Å²) < 4.78 is 41.0. The van der Waals surface area contributed by atoms with Gasteiger partial charge in [-0.25, -0.2) is 0 Å². The van der Waals surface area contributed by atoms with Crippen LogP contribution in [0.25, 0.3) is 5.69 Å². The van der Waals surface area contributed by atoms with E-state index in [1.54, 1.807) is 10.7 Å². The second-order valence-electron chi connectivity index (χ2n) is 7.19. The first-order valence-corrected chi connectivity index (χ1v) is 9.19. The predicted molar refractivity (Wildman–Crippen MR) is 99.1 cm³/mol. The Hall–Kier alpha value is -2.90. The molecule has 8 heteroatoms. The van der Waals surface area contributed by atoms with Crippen molar-refractivity contribution in [3.05, 3.63) is 65.5 Å². The number of benzene rings is 2. The summed E-state index contributed by atoms with van der Waals surface area (Å²) in [6.45, 7) is 1.97. The van der Waals surface area contributed by atoms with Crippen molar-refractivity contribution in [1.29, 1.82) is 0 Å². The molecule has 0 atom stereocenters. The van der Waals surface area contributed by atoms with Gasteiger partial charge in [0.2, 0.25) is 0 Å². The van der Waals surface area contributed by atoms with Gasteiger partial charge in [-0.05, 0) is 60.0 Å². The number of tetrazole rings is 1. The number of anilines is 1. The maximum atomic E-state index is 13.1. The van der Waals surface area contributed by atoms with Crippen molar-refractivity contribution in [1.82, 2.24) is 20.2 Å². The van der Waals surface area contributed by atoms with Gasteiger partial charge in [0, 0.05) is 5.69 Å². The molecule has 1 N–H and O–H groups in total. The normalized spacial score (nSPS) is 16.3. The van der Waals surface area contributed by atoms with Gasteiger partial charge in [0.15, 0.2) is 5.82 Å². The predicted octanol–water partition coefficient (Wildman–Crippen LogP) is 4.87. The number of nitrogens with one attached hydrogen (secondary N) is 1. The molecular formula is C20H20F3N5. The van der Waals surface area contributed by atoms with Gasteiger partial charge in [0.25, 0.3) is 0 Å². The van der Waals surface area contributed by atoms with E-state index in [1.807, 2.05) is 31.2 Å². The summed E-state index contributed by atoms with van der Waals surface area (Å²) in [5.74, 6) is 0.622. The van der Waals surface area contributed by atoms with Crippen LogP contribution in [0.4, 0.5) is 18.9 Å². The van der Waals surface area contributed by atoms with Crippen LogP contribution in [0.15, 0.2) is 48.5 Å². The van der Waals surface area contributed by atoms with Crippen LogP contribution in [0.1, 0.15) is 42.6 Å². The molecule has 0 radical (unpaired) electrons. The quantitative estimate of drug-likeness (QED) is 0.694. The molecule has 146 valence electrons. The molecule has 5 nitrogen and oxygen atoms in total. The Morgan fingerprint density at radius 1 is 1.04 bits per heavy atom. The van der Waals surface area contributed by atoms with E-state index in [1.165, 1.54) is 6.07 Å². The molecule has 4 rings (SSSR count). The zero-order chi connectivity index (χ0) is 19.8. The van der Waals surface area contributed by atoms with E-state index in [0.29, 0.717) is 11.5 Å². The number of nitrogens with zero attached hydrogens (tertiary/aromatic N) is 4. The largest absolute Gasteiger partial charge is 0.416 e. The average Bonchev–Trinajstić information content (AvgIpc) is 3.32. The summed E-state index contributed by atoms with van der Waals surface area (Å²) in [4.78, 5) is 0. The maximum Gasteiger partial charge on any atom is 0.416 e. The van der Waals surface area contributed by atoms with Crippen LogP contribution in [0.2, 0.25) is 0 Å². The van der Waals surface area contributed by atoms with E-state index in [9.17, 15) is 13.2 Å². The van der Waals surface area contributed by atoms with Crippen molar-refractivity contribution < 1.29 is 13.2 Å². The van der Waals surface area contributed by atoms with Gasteiger partial charge in [-0.15, -0.1) is 5.10 Å². The van der Waals surface area contributed by atoms with Crippen molar-refractivity contribution in [3.8, 4) is 5.69 Å². The highest BCUT2D eigenvalue weighted by Crippen LogP contribution is 2.42. The monoisotopic (exact) mass is 387 g/mol. The van der Waals surface area contributed by atoms with Gasteiger partial charge in [-0.3, -0.25) is 0 Å². The highest BCUT2D eigenvalue weighted by molar-refractivity contribution is 5.50. The van der Waals surface area contributed by atoms with Crippen LogP contribution in [-0.2, 0) is 11.7 Å². The van der Waals surface area contributed by atoms with Crippen molar-refractivity contribution in [2.45, 2.75) is 44.3 Å². The number of hydrogen-bond acceptors (Lipinski definition) is 4. The lowest BCUT2D eigenvalue weighted by atomic mass is 9.95. The van der Waals surface area contributed by atoms with Gasteiger partial charge >= 0.3 is 6.18 Å². The smallest absolute Gasteiger partial charge is 0.373 e. The molecule has 0 unspecified atom stereocenters. The number of halogens is 3. The molecule has 1 fully saturated rings. The third-order valence-electron chi connectivity index (χ3n) is 5.27. The molecule has 1 heterocycles. The summed E-state index contributed by atoms with van der Waals surface area (Å²) in [5, 5.41) is 15.6. The minimum absolute atomic E-state index is 0.413. The lowest BCUT2D eigenvalue weighted by Crippen LogP contribution is -2.35. The molecule has 1 aliphatic rings. The van der Waals surface area contributed by atoms with Gasteiger partial charge < -0.3 is 5.32 Å². The Labute approximate surface area is 160 Å². The molecule has 1 aromatic heterocycles. The van der Waals surface area contributed by atoms with Crippen LogP contribution in [0.5, 0.6) is 0 Å². The molecule has 0 bridgehead atoms. The van der Waals surface area contributed by atoms with Gasteiger partial charge in [0.05, 0.1) is 16.8 Å². The standard InChI is InChI=1S/C20H20F3N5/c1-14-7-2-3-10-17(14)28-18(25-26-27-28)19(11-4-5-12-19)24-16-9-6-8-15(13-16)20(21,22)23/h2-3,6-10,13,24H,4-5,11-12H2,1H3. The minimum atomic E-state index is -4.39. The Kier molecular flexibility index (Phi) is 4.56. The number of aromatic nitrogens is 4. The number of alkyl halides is 3. The SMILES string of the molecule is Cc1ccccc1-n1nnnc1C1(Nc2cccc(C(F)(F)F)c2)CCCC1. The molecule has 2 aromatic carbocycles. The highest BCUT2D eigenvalue weighted by atomic mass is 19.4. The van der Waals surface area contributed by atoms with E-state index < -0.39 is 17.3 Å². The summed E-state index contributed by atoms with van der Waals surface area (Å²) in [7, 11) is 0. The van der Waals surface area contributed by atoms with Crippen molar-refractivity contribution in [3.63, 3.8) is 0 Å². The van der Waals surface area contributed by atoms with Crippen LogP contribution in [-0.4, -0.2) is 20.2 Å². The first-order chi connectivity index (χ1) is 13.4. The maximum absolute atomic E-state index is 13.1. The highest BCUT2D eigenvalue weighted by Gasteiger charge is 2.41. The van der Waals surface area contributed by atoms with E-state index >= 15 is 0 Å². The summed E-state index contributed by atoms with van der Waals surface area (Å²) >= 11 is 0. The molecule has 0 aliphatic heterocycles. The van der Waals surface area contributed by atoms with Crippen LogP contribution >= 0.6 is 0 Å². The fourth-order valence-corrected chi connectivity index (χ4v) is 3.88. The van der Waals surface area contributed by atoms with Crippen LogP contribution < -0.4 is 5.32 Å². The van der Waals surface area contributed by atoms with E-state index in [-0.39, 0.29) is 0 Å². The lowest BCUT2D eigenvalue weighted by Gasteiger charge is -2.30. The number of rotatable bonds is 4. The second kappa shape index (κ2) is 6.92. The molecular weight excluding hydrogens is 367 g/mol. The molecule has 1 aliphatic carbocycles.